The Balaban J connectivity index is 1.42. The number of likely N-dealkylation sites (tertiary alicyclic amines) is 1. The number of nitrogens with zero attached hydrogens (tertiary/aromatic N) is 2. The molecule has 6 rings (SSSR count). The number of ether oxygens (including phenoxy) is 1. The summed E-state index contributed by atoms with van der Waals surface area (Å²) in [7, 11) is 3.48. The molecule has 3 aromatic rings. The number of pyridine rings is 1. The fourth-order valence-electron chi connectivity index (χ4n) is 6.60. The van der Waals surface area contributed by atoms with E-state index in [1.807, 2.05) is 6.07 Å². The maximum atomic E-state index is 14.5. The Hall–Kier alpha value is -4.62. The summed E-state index contributed by atoms with van der Waals surface area (Å²) in [6.07, 6.45) is 6.72. The van der Waals surface area contributed by atoms with Crippen LogP contribution in [0.2, 0.25) is 0 Å². The molecule has 210 valence electrons. The molecule has 9 nitrogen and oxygen atoms in total. The number of rotatable bonds is 6. The zero-order valence-electron chi connectivity index (χ0n) is 23.0. The molecule has 2 aromatic heterocycles. The van der Waals surface area contributed by atoms with Crippen LogP contribution in [-0.4, -0.2) is 66.0 Å². The Morgan fingerprint density at radius 3 is 2.83 bits per heavy atom. The molecule has 1 saturated carbocycles. The number of anilines is 2. The van der Waals surface area contributed by atoms with E-state index in [0.29, 0.717) is 41.2 Å². The molecule has 2 fully saturated rings. The molecule has 1 spiro atoms. The number of nitrogens with one attached hydrogen (secondary N) is 4. The summed E-state index contributed by atoms with van der Waals surface area (Å²) in [5, 5.41) is 9.21. The number of amides is 2. The van der Waals surface area contributed by atoms with E-state index in [2.05, 4.69) is 56.3 Å². The summed E-state index contributed by atoms with van der Waals surface area (Å²) in [4.78, 5) is 35.4. The minimum absolute atomic E-state index is 0.0415. The molecule has 41 heavy (non-hydrogen) atoms. The van der Waals surface area contributed by atoms with Crippen molar-refractivity contribution in [3.63, 3.8) is 0 Å². The summed E-state index contributed by atoms with van der Waals surface area (Å²) < 4.78 is 19.9. The van der Waals surface area contributed by atoms with Gasteiger partial charge in [0, 0.05) is 55.1 Å². The van der Waals surface area contributed by atoms with Gasteiger partial charge in [0.05, 0.1) is 35.3 Å². The zero-order chi connectivity index (χ0) is 28.8. The molecule has 0 radical (unpaired) electrons. The number of hydrogen-bond acceptors (Lipinski definition) is 6. The van der Waals surface area contributed by atoms with Crippen molar-refractivity contribution >= 4 is 23.2 Å². The van der Waals surface area contributed by atoms with E-state index in [4.69, 9.17) is 4.74 Å². The largest absolute Gasteiger partial charge is 0.492 e. The second kappa shape index (κ2) is 10.1. The maximum absolute atomic E-state index is 14.5. The lowest BCUT2D eigenvalue weighted by Gasteiger charge is -2.62. The summed E-state index contributed by atoms with van der Waals surface area (Å²) >= 11 is 0. The number of carbonyl (C=O) groups is 2. The fourth-order valence-corrected chi connectivity index (χ4v) is 6.60. The third kappa shape index (κ3) is 4.72. The topological polar surface area (TPSA) is 111 Å². The van der Waals surface area contributed by atoms with Crippen molar-refractivity contribution in [3.8, 4) is 28.8 Å². The molecule has 2 aliphatic heterocycles. The number of carbonyl (C=O) groups excluding carboxylic acids is 2. The highest BCUT2D eigenvalue weighted by Crippen LogP contribution is 2.53. The average molecular weight is 555 g/mol. The van der Waals surface area contributed by atoms with Gasteiger partial charge in [0.2, 0.25) is 5.91 Å². The Morgan fingerprint density at radius 1 is 1.29 bits per heavy atom. The van der Waals surface area contributed by atoms with Gasteiger partial charge in [0.25, 0.3) is 5.91 Å². The highest BCUT2D eigenvalue weighted by atomic mass is 19.1. The predicted molar refractivity (Wildman–Crippen MR) is 153 cm³/mol. The van der Waals surface area contributed by atoms with Gasteiger partial charge in [-0.1, -0.05) is 24.5 Å². The number of aromatic amines is 1. The van der Waals surface area contributed by atoms with E-state index >= 15 is 0 Å². The molecular formula is C31H31FN6O3. The molecule has 4 N–H and O–H groups in total. The molecular weight excluding hydrogens is 523 g/mol. The van der Waals surface area contributed by atoms with Crippen molar-refractivity contribution in [2.45, 2.75) is 24.8 Å². The van der Waals surface area contributed by atoms with Gasteiger partial charge < -0.3 is 30.6 Å². The van der Waals surface area contributed by atoms with Gasteiger partial charge in [-0.25, -0.2) is 4.39 Å². The van der Waals surface area contributed by atoms with Crippen molar-refractivity contribution in [1.29, 1.82) is 0 Å². The van der Waals surface area contributed by atoms with Crippen LogP contribution in [0.15, 0.2) is 49.3 Å². The number of H-pyrrole nitrogens is 1. The molecule has 2 amide bonds. The number of methoxy groups -OCH3 is 1. The Bertz CT molecular complexity index is 1620. The Labute approximate surface area is 237 Å². The second-order valence-electron chi connectivity index (χ2n) is 11.2. The molecule has 0 bridgehead atoms. The lowest BCUT2D eigenvalue weighted by atomic mass is 9.54. The molecule has 10 heteroatoms. The number of fused-ring (bicyclic) bond motifs is 1. The number of para-hydroxylation sites is 1. The lowest BCUT2D eigenvalue weighted by Crippen LogP contribution is -2.71. The molecule has 1 aromatic carbocycles. The number of halogens is 1. The molecule has 0 atom stereocenters. The average Bonchev–Trinajstić information content (AvgIpc) is 3.29. The Kier molecular flexibility index (Phi) is 6.54. The number of benzene rings is 1. The van der Waals surface area contributed by atoms with E-state index in [1.165, 1.54) is 19.3 Å². The van der Waals surface area contributed by atoms with Crippen LogP contribution in [0.25, 0.3) is 11.3 Å². The smallest absolute Gasteiger partial charge is 0.255 e. The summed E-state index contributed by atoms with van der Waals surface area (Å²) in [6, 6.07) is 6.40. The van der Waals surface area contributed by atoms with Gasteiger partial charge in [-0.15, -0.1) is 0 Å². The van der Waals surface area contributed by atoms with Crippen LogP contribution in [-0.2, 0) is 11.2 Å². The van der Waals surface area contributed by atoms with Crippen LogP contribution in [0.4, 0.5) is 15.8 Å². The maximum Gasteiger partial charge on any atom is 0.255 e. The van der Waals surface area contributed by atoms with Crippen LogP contribution in [0.3, 0.4) is 0 Å². The summed E-state index contributed by atoms with van der Waals surface area (Å²) in [5.41, 5.74) is 3.57. The van der Waals surface area contributed by atoms with Gasteiger partial charge in [-0.3, -0.25) is 14.6 Å². The van der Waals surface area contributed by atoms with E-state index < -0.39 is 11.4 Å². The minimum atomic E-state index is -0.662. The first-order valence-corrected chi connectivity index (χ1v) is 13.5. The molecule has 0 unspecified atom stereocenters. The normalized spacial score (nSPS) is 18.1. The standard InChI is InChI=1S/C31H31FN6O3/c1-4-24(39)37-31(15-30(16-31)17-38(2)18-30)11-8-19-14-33-12-9-20(19)26-27(25-22(35-26)10-13-34-29(25)40)36-23-7-5-6-21(32)28(23)41-3/h4-7,9,12,14,35-36H,1,10,13,15-18H2,2-3H3,(H,34,40)(H,37,39). The zero-order valence-corrected chi connectivity index (χ0v) is 23.0. The van der Waals surface area contributed by atoms with Crippen LogP contribution < -0.4 is 20.7 Å². The van der Waals surface area contributed by atoms with Crippen molar-refractivity contribution in [2.75, 3.05) is 39.1 Å². The summed E-state index contributed by atoms with van der Waals surface area (Å²) in [5.74, 6) is 5.67. The van der Waals surface area contributed by atoms with Crippen LogP contribution in [0.5, 0.6) is 5.75 Å². The highest BCUT2D eigenvalue weighted by molar-refractivity contribution is 6.06. The third-order valence-electron chi connectivity index (χ3n) is 8.04. The predicted octanol–water partition coefficient (Wildman–Crippen LogP) is 3.37. The first-order chi connectivity index (χ1) is 19.8. The SMILES string of the molecule is C=CC(=O)NC1(C#Cc2cnccc2-c2[nH]c3c(c2Nc2cccc(F)c2OC)C(=O)NCC3)CC2(CN(C)C2)C1. The first kappa shape index (κ1) is 26.6. The highest BCUT2D eigenvalue weighted by Gasteiger charge is 2.59. The van der Waals surface area contributed by atoms with E-state index in [9.17, 15) is 14.0 Å². The van der Waals surface area contributed by atoms with Crippen LogP contribution >= 0.6 is 0 Å². The monoisotopic (exact) mass is 554 g/mol. The quantitative estimate of drug-likeness (QED) is 0.275. The van der Waals surface area contributed by atoms with Gasteiger partial charge in [0.1, 0.15) is 5.54 Å². The molecule has 1 saturated heterocycles. The second-order valence-corrected chi connectivity index (χ2v) is 11.2. The first-order valence-electron chi connectivity index (χ1n) is 13.5. The van der Waals surface area contributed by atoms with Gasteiger partial charge in [-0.2, -0.15) is 0 Å². The van der Waals surface area contributed by atoms with Gasteiger partial charge in [0.15, 0.2) is 11.6 Å². The summed E-state index contributed by atoms with van der Waals surface area (Å²) in [6.45, 7) is 6.06. The Morgan fingerprint density at radius 2 is 2.10 bits per heavy atom. The van der Waals surface area contributed by atoms with Crippen molar-refractivity contribution in [3.05, 3.63) is 72.0 Å². The molecule has 3 aliphatic rings. The number of hydrogen-bond donors (Lipinski definition) is 4. The molecule has 1 aliphatic carbocycles. The van der Waals surface area contributed by atoms with E-state index in [-0.39, 0.29) is 23.0 Å². The van der Waals surface area contributed by atoms with Crippen molar-refractivity contribution < 1.29 is 18.7 Å². The van der Waals surface area contributed by atoms with E-state index in [1.54, 1.807) is 24.5 Å². The van der Waals surface area contributed by atoms with Gasteiger partial charge >= 0.3 is 0 Å². The van der Waals surface area contributed by atoms with E-state index in [0.717, 1.165) is 37.2 Å². The van der Waals surface area contributed by atoms with Gasteiger partial charge in [-0.05, 0) is 44.2 Å². The third-order valence-corrected chi connectivity index (χ3v) is 8.04. The number of aromatic nitrogens is 2. The van der Waals surface area contributed by atoms with Crippen molar-refractivity contribution in [2.24, 2.45) is 5.41 Å². The van der Waals surface area contributed by atoms with Crippen LogP contribution in [0.1, 0.15) is 34.5 Å². The molecule has 4 heterocycles. The fraction of sp³-hybridized carbons (Fsp3) is 0.323. The van der Waals surface area contributed by atoms with Crippen LogP contribution in [0, 0.1) is 23.1 Å². The van der Waals surface area contributed by atoms with Crippen molar-refractivity contribution in [1.82, 2.24) is 25.5 Å². The lowest BCUT2D eigenvalue weighted by molar-refractivity contribution is -0.126. The minimum Gasteiger partial charge on any atom is -0.492 e.